The van der Waals surface area contributed by atoms with Crippen molar-refractivity contribution < 1.29 is 0 Å². The SMILES string of the molecule is Cc1cccnc1CNC(C)c1cccnc1. The van der Waals surface area contributed by atoms with Gasteiger partial charge in [0.2, 0.25) is 0 Å². The normalized spacial score (nSPS) is 12.4. The third-order valence-electron chi connectivity index (χ3n) is 2.88. The van der Waals surface area contributed by atoms with Crippen LogP contribution in [-0.4, -0.2) is 9.97 Å². The van der Waals surface area contributed by atoms with E-state index in [-0.39, 0.29) is 6.04 Å². The van der Waals surface area contributed by atoms with Gasteiger partial charge in [0.25, 0.3) is 0 Å². The van der Waals surface area contributed by atoms with E-state index in [4.69, 9.17) is 0 Å². The summed E-state index contributed by atoms with van der Waals surface area (Å²) in [7, 11) is 0. The molecule has 2 rings (SSSR count). The molecule has 17 heavy (non-hydrogen) atoms. The van der Waals surface area contributed by atoms with Gasteiger partial charge in [0.05, 0.1) is 5.69 Å². The molecule has 1 atom stereocenters. The quantitative estimate of drug-likeness (QED) is 0.872. The van der Waals surface area contributed by atoms with Gasteiger partial charge in [-0.05, 0) is 37.1 Å². The molecule has 2 aromatic heterocycles. The van der Waals surface area contributed by atoms with Crippen LogP contribution in [0.1, 0.15) is 29.8 Å². The van der Waals surface area contributed by atoms with Crippen LogP contribution in [-0.2, 0) is 6.54 Å². The maximum atomic E-state index is 4.37. The van der Waals surface area contributed by atoms with Crippen molar-refractivity contribution in [2.45, 2.75) is 26.4 Å². The first kappa shape index (κ1) is 11.7. The molecule has 0 aliphatic carbocycles. The van der Waals surface area contributed by atoms with Crippen molar-refractivity contribution in [3.63, 3.8) is 0 Å². The minimum Gasteiger partial charge on any atom is -0.304 e. The molecular formula is C14H17N3. The van der Waals surface area contributed by atoms with E-state index in [0.29, 0.717) is 0 Å². The van der Waals surface area contributed by atoms with Crippen molar-refractivity contribution in [3.8, 4) is 0 Å². The van der Waals surface area contributed by atoms with Gasteiger partial charge in [-0.15, -0.1) is 0 Å². The summed E-state index contributed by atoms with van der Waals surface area (Å²) < 4.78 is 0. The van der Waals surface area contributed by atoms with Gasteiger partial charge in [-0.2, -0.15) is 0 Å². The second kappa shape index (κ2) is 5.55. The highest BCUT2D eigenvalue weighted by Crippen LogP contribution is 2.11. The first-order valence-corrected chi connectivity index (χ1v) is 5.81. The van der Waals surface area contributed by atoms with E-state index in [1.165, 1.54) is 11.1 Å². The molecule has 0 saturated heterocycles. The molecule has 0 spiro atoms. The molecular weight excluding hydrogens is 210 g/mol. The standard InChI is InChI=1S/C14H17N3/c1-11-5-3-8-16-14(11)10-17-12(2)13-6-4-7-15-9-13/h3-9,12,17H,10H2,1-2H3. The topological polar surface area (TPSA) is 37.8 Å². The van der Waals surface area contributed by atoms with Crippen molar-refractivity contribution in [2.75, 3.05) is 0 Å². The van der Waals surface area contributed by atoms with E-state index >= 15 is 0 Å². The highest BCUT2D eigenvalue weighted by atomic mass is 14.9. The Balaban J connectivity index is 1.97. The molecule has 88 valence electrons. The molecule has 0 bridgehead atoms. The van der Waals surface area contributed by atoms with Crippen molar-refractivity contribution in [2.24, 2.45) is 0 Å². The minimum atomic E-state index is 0.283. The number of aryl methyl sites for hydroxylation is 1. The van der Waals surface area contributed by atoms with E-state index in [2.05, 4.69) is 41.3 Å². The zero-order valence-corrected chi connectivity index (χ0v) is 10.2. The van der Waals surface area contributed by atoms with Gasteiger partial charge in [-0.25, -0.2) is 0 Å². The molecule has 0 aliphatic heterocycles. The zero-order chi connectivity index (χ0) is 12.1. The number of nitrogens with one attached hydrogen (secondary N) is 1. The van der Waals surface area contributed by atoms with Crippen molar-refractivity contribution in [1.29, 1.82) is 0 Å². The molecule has 0 saturated carbocycles. The first-order valence-electron chi connectivity index (χ1n) is 5.81. The van der Waals surface area contributed by atoms with E-state index in [0.717, 1.165) is 12.2 Å². The smallest absolute Gasteiger partial charge is 0.0570 e. The van der Waals surface area contributed by atoms with Gasteiger partial charge in [-0.1, -0.05) is 12.1 Å². The third kappa shape index (κ3) is 3.11. The molecule has 0 aliphatic rings. The van der Waals surface area contributed by atoms with Crippen LogP contribution in [0.2, 0.25) is 0 Å². The van der Waals surface area contributed by atoms with Crippen molar-refractivity contribution in [3.05, 3.63) is 59.7 Å². The van der Waals surface area contributed by atoms with Gasteiger partial charge >= 0.3 is 0 Å². The Hall–Kier alpha value is -1.74. The summed E-state index contributed by atoms with van der Waals surface area (Å²) in [5, 5.41) is 3.45. The highest BCUT2D eigenvalue weighted by Gasteiger charge is 2.05. The van der Waals surface area contributed by atoms with E-state index < -0.39 is 0 Å². The van der Waals surface area contributed by atoms with Crippen LogP contribution < -0.4 is 5.32 Å². The Kier molecular flexibility index (Phi) is 3.83. The maximum Gasteiger partial charge on any atom is 0.0570 e. The zero-order valence-electron chi connectivity index (χ0n) is 10.2. The van der Waals surface area contributed by atoms with Crippen LogP contribution in [0, 0.1) is 6.92 Å². The lowest BCUT2D eigenvalue weighted by molar-refractivity contribution is 0.564. The number of rotatable bonds is 4. The van der Waals surface area contributed by atoms with Crippen LogP contribution in [0.25, 0.3) is 0 Å². The largest absolute Gasteiger partial charge is 0.304 e. The lowest BCUT2D eigenvalue weighted by atomic mass is 10.1. The summed E-state index contributed by atoms with van der Waals surface area (Å²) in [6, 6.07) is 8.36. The summed E-state index contributed by atoms with van der Waals surface area (Å²) >= 11 is 0. The number of nitrogens with zero attached hydrogens (tertiary/aromatic N) is 2. The Morgan fingerprint density at radius 1 is 1.24 bits per heavy atom. The predicted octanol–water partition coefficient (Wildman–Crippen LogP) is 2.64. The fourth-order valence-electron chi connectivity index (χ4n) is 1.70. The van der Waals surface area contributed by atoms with Gasteiger partial charge in [0.15, 0.2) is 0 Å². The van der Waals surface area contributed by atoms with Crippen molar-refractivity contribution >= 4 is 0 Å². The van der Waals surface area contributed by atoms with Crippen LogP contribution in [0.5, 0.6) is 0 Å². The molecule has 2 aromatic rings. The number of pyridine rings is 2. The Labute approximate surface area is 102 Å². The number of aromatic nitrogens is 2. The minimum absolute atomic E-state index is 0.283. The average molecular weight is 227 g/mol. The average Bonchev–Trinajstić information content (AvgIpc) is 2.38. The molecule has 0 radical (unpaired) electrons. The second-order valence-corrected chi connectivity index (χ2v) is 4.16. The maximum absolute atomic E-state index is 4.37. The molecule has 0 fully saturated rings. The number of hydrogen-bond acceptors (Lipinski definition) is 3. The van der Waals surface area contributed by atoms with E-state index in [9.17, 15) is 0 Å². The summed E-state index contributed by atoms with van der Waals surface area (Å²) in [6.07, 6.45) is 5.51. The molecule has 1 unspecified atom stereocenters. The summed E-state index contributed by atoms with van der Waals surface area (Å²) in [5.74, 6) is 0. The lowest BCUT2D eigenvalue weighted by Crippen LogP contribution is -2.19. The van der Waals surface area contributed by atoms with Gasteiger partial charge in [-0.3, -0.25) is 9.97 Å². The molecule has 3 heteroatoms. The monoisotopic (exact) mass is 227 g/mol. The Morgan fingerprint density at radius 3 is 2.76 bits per heavy atom. The Morgan fingerprint density at radius 2 is 2.06 bits per heavy atom. The fraction of sp³-hybridized carbons (Fsp3) is 0.286. The molecule has 2 heterocycles. The lowest BCUT2D eigenvalue weighted by Gasteiger charge is -2.14. The van der Waals surface area contributed by atoms with Crippen LogP contribution >= 0.6 is 0 Å². The van der Waals surface area contributed by atoms with Gasteiger partial charge < -0.3 is 5.32 Å². The highest BCUT2D eigenvalue weighted by molar-refractivity contribution is 5.18. The van der Waals surface area contributed by atoms with Crippen molar-refractivity contribution in [1.82, 2.24) is 15.3 Å². The van der Waals surface area contributed by atoms with E-state index in [1.54, 1.807) is 6.20 Å². The predicted molar refractivity (Wildman–Crippen MR) is 68.5 cm³/mol. The summed E-state index contributed by atoms with van der Waals surface area (Å²) in [4.78, 5) is 8.49. The first-order chi connectivity index (χ1) is 8.27. The van der Waals surface area contributed by atoms with Gasteiger partial charge in [0, 0.05) is 31.2 Å². The summed E-state index contributed by atoms with van der Waals surface area (Å²) in [6.45, 7) is 5.00. The molecule has 1 N–H and O–H groups in total. The Bertz CT molecular complexity index is 468. The molecule has 0 aromatic carbocycles. The third-order valence-corrected chi connectivity index (χ3v) is 2.88. The summed E-state index contributed by atoms with van der Waals surface area (Å²) in [5.41, 5.74) is 3.52. The van der Waals surface area contributed by atoms with Crippen LogP contribution in [0.3, 0.4) is 0 Å². The van der Waals surface area contributed by atoms with Crippen LogP contribution in [0.4, 0.5) is 0 Å². The van der Waals surface area contributed by atoms with Gasteiger partial charge in [0.1, 0.15) is 0 Å². The van der Waals surface area contributed by atoms with E-state index in [1.807, 2.05) is 24.5 Å². The number of hydrogen-bond donors (Lipinski definition) is 1. The van der Waals surface area contributed by atoms with Crippen LogP contribution in [0.15, 0.2) is 42.9 Å². The molecule has 0 amide bonds. The molecule has 3 nitrogen and oxygen atoms in total. The fourth-order valence-corrected chi connectivity index (χ4v) is 1.70. The second-order valence-electron chi connectivity index (χ2n) is 4.16.